The number of nitrogens with zero attached hydrogens (tertiary/aromatic N) is 2. The van der Waals surface area contributed by atoms with Crippen LogP contribution in [0.25, 0.3) is 0 Å². The quantitative estimate of drug-likeness (QED) is 0.931. The first-order chi connectivity index (χ1) is 9.45. The number of hydrogen-bond donors (Lipinski definition) is 1. The molecule has 0 unspecified atom stereocenters. The molecule has 0 amide bonds. The highest BCUT2D eigenvalue weighted by Gasteiger charge is 2.19. The predicted molar refractivity (Wildman–Crippen MR) is 86.1 cm³/mol. The van der Waals surface area contributed by atoms with Gasteiger partial charge in [0, 0.05) is 11.0 Å². The zero-order valence-corrected chi connectivity index (χ0v) is 13.6. The molecule has 0 aliphatic rings. The number of hydrogen-bond acceptors (Lipinski definition) is 2. The van der Waals surface area contributed by atoms with Gasteiger partial charge in [0.15, 0.2) is 0 Å². The van der Waals surface area contributed by atoms with E-state index in [0.29, 0.717) is 12.2 Å². The monoisotopic (exact) mass is 337 g/mol. The number of halogens is 1. The van der Waals surface area contributed by atoms with Crippen LogP contribution in [0, 0.1) is 0 Å². The standard InChI is InChI=1S/C15H20BrN3O/c1-4-18-14(10(2)3)13(17)15(20)19(18)9-11-5-7-12(16)8-6-11/h5-8,10H,4,9,17H2,1-3H3. The topological polar surface area (TPSA) is 52.9 Å². The SMILES string of the molecule is CCn1c(C(C)C)c(N)c(=O)n1Cc1ccc(Br)cc1. The third-order valence-electron chi connectivity index (χ3n) is 3.40. The molecule has 0 radical (unpaired) electrons. The summed E-state index contributed by atoms with van der Waals surface area (Å²) in [6.45, 7) is 7.42. The van der Waals surface area contributed by atoms with Crippen LogP contribution in [0.4, 0.5) is 5.69 Å². The second-order valence-electron chi connectivity index (χ2n) is 5.16. The van der Waals surface area contributed by atoms with Gasteiger partial charge in [-0.3, -0.25) is 9.48 Å². The zero-order chi connectivity index (χ0) is 14.9. The van der Waals surface area contributed by atoms with Crippen LogP contribution in [-0.4, -0.2) is 9.36 Å². The van der Waals surface area contributed by atoms with Gasteiger partial charge in [-0.15, -0.1) is 0 Å². The van der Waals surface area contributed by atoms with Crippen LogP contribution >= 0.6 is 15.9 Å². The number of nitrogens with two attached hydrogens (primary N) is 1. The van der Waals surface area contributed by atoms with E-state index in [2.05, 4.69) is 29.8 Å². The van der Waals surface area contributed by atoms with Gasteiger partial charge in [-0.05, 0) is 30.5 Å². The summed E-state index contributed by atoms with van der Waals surface area (Å²) in [5.41, 5.74) is 8.28. The summed E-state index contributed by atoms with van der Waals surface area (Å²) in [4.78, 5) is 12.4. The Morgan fingerprint density at radius 2 is 1.80 bits per heavy atom. The number of anilines is 1. The first-order valence-corrected chi connectivity index (χ1v) is 7.58. The van der Waals surface area contributed by atoms with E-state index in [-0.39, 0.29) is 11.5 Å². The first-order valence-electron chi connectivity index (χ1n) is 6.79. The van der Waals surface area contributed by atoms with Crippen molar-refractivity contribution in [3.63, 3.8) is 0 Å². The minimum absolute atomic E-state index is 0.0986. The summed E-state index contributed by atoms with van der Waals surface area (Å²) >= 11 is 3.41. The lowest BCUT2D eigenvalue weighted by molar-refractivity contribution is 0.465. The molecule has 108 valence electrons. The summed E-state index contributed by atoms with van der Waals surface area (Å²) in [7, 11) is 0. The molecule has 2 aromatic rings. The Bertz CT molecular complexity index is 653. The molecule has 4 nitrogen and oxygen atoms in total. The van der Waals surface area contributed by atoms with Crippen LogP contribution in [0.1, 0.15) is 37.9 Å². The van der Waals surface area contributed by atoms with Crippen LogP contribution in [0.5, 0.6) is 0 Å². The molecule has 0 saturated carbocycles. The van der Waals surface area contributed by atoms with Crippen LogP contribution in [0.3, 0.4) is 0 Å². The summed E-state index contributed by atoms with van der Waals surface area (Å²) < 4.78 is 4.75. The largest absolute Gasteiger partial charge is 0.393 e. The first kappa shape index (κ1) is 14.9. The van der Waals surface area contributed by atoms with E-state index in [1.54, 1.807) is 4.68 Å². The molecular formula is C15H20BrN3O. The van der Waals surface area contributed by atoms with Crippen LogP contribution < -0.4 is 11.3 Å². The van der Waals surface area contributed by atoms with Crippen molar-refractivity contribution in [1.82, 2.24) is 9.36 Å². The van der Waals surface area contributed by atoms with Crippen LogP contribution in [0.15, 0.2) is 33.5 Å². The van der Waals surface area contributed by atoms with E-state index in [1.165, 1.54) is 0 Å². The van der Waals surface area contributed by atoms with Crippen LogP contribution in [-0.2, 0) is 13.1 Å². The van der Waals surface area contributed by atoms with E-state index < -0.39 is 0 Å². The van der Waals surface area contributed by atoms with Crippen molar-refractivity contribution in [2.24, 2.45) is 0 Å². The molecule has 0 saturated heterocycles. The molecule has 0 aliphatic carbocycles. The fraction of sp³-hybridized carbons (Fsp3) is 0.400. The van der Waals surface area contributed by atoms with E-state index >= 15 is 0 Å². The molecule has 20 heavy (non-hydrogen) atoms. The fourth-order valence-electron chi connectivity index (χ4n) is 2.50. The molecule has 1 heterocycles. The maximum Gasteiger partial charge on any atom is 0.290 e. The maximum absolute atomic E-state index is 12.4. The van der Waals surface area contributed by atoms with E-state index in [1.807, 2.05) is 35.9 Å². The highest BCUT2D eigenvalue weighted by molar-refractivity contribution is 9.10. The molecule has 5 heteroatoms. The Labute approximate surface area is 127 Å². The lowest BCUT2D eigenvalue weighted by atomic mass is 10.1. The van der Waals surface area contributed by atoms with Gasteiger partial charge in [0.05, 0.1) is 12.2 Å². The summed E-state index contributed by atoms with van der Waals surface area (Å²) in [5.74, 6) is 0.230. The molecule has 0 aliphatic heterocycles. The lowest BCUT2D eigenvalue weighted by Crippen LogP contribution is -2.24. The van der Waals surface area contributed by atoms with E-state index in [9.17, 15) is 4.79 Å². The molecule has 1 aromatic heterocycles. The minimum Gasteiger partial charge on any atom is -0.393 e. The van der Waals surface area contributed by atoms with Gasteiger partial charge in [-0.2, -0.15) is 0 Å². The van der Waals surface area contributed by atoms with Gasteiger partial charge in [0.25, 0.3) is 5.56 Å². The van der Waals surface area contributed by atoms with Gasteiger partial charge < -0.3 is 5.73 Å². The predicted octanol–water partition coefficient (Wildman–Crippen LogP) is 3.19. The number of rotatable bonds is 4. The minimum atomic E-state index is -0.0986. The molecule has 0 spiro atoms. The number of aromatic nitrogens is 2. The highest BCUT2D eigenvalue weighted by Crippen LogP contribution is 2.20. The Morgan fingerprint density at radius 3 is 2.30 bits per heavy atom. The maximum atomic E-state index is 12.4. The fourth-order valence-corrected chi connectivity index (χ4v) is 2.76. The van der Waals surface area contributed by atoms with Gasteiger partial charge in [-0.25, -0.2) is 4.68 Å². The molecule has 0 atom stereocenters. The van der Waals surface area contributed by atoms with Crippen molar-refractivity contribution in [1.29, 1.82) is 0 Å². The third-order valence-corrected chi connectivity index (χ3v) is 3.93. The Balaban J connectivity index is 2.49. The molecule has 1 aromatic carbocycles. The number of nitrogen functional groups attached to an aromatic ring is 1. The van der Waals surface area contributed by atoms with Crippen molar-refractivity contribution in [2.45, 2.75) is 39.8 Å². The second kappa shape index (κ2) is 5.87. The molecule has 0 bridgehead atoms. The van der Waals surface area contributed by atoms with Crippen molar-refractivity contribution >= 4 is 21.6 Å². The third kappa shape index (κ3) is 2.68. The summed E-state index contributed by atoms with van der Waals surface area (Å²) in [6.07, 6.45) is 0. The Morgan fingerprint density at radius 1 is 1.20 bits per heavy atom. The van der Waals surface area contributed by atoms with E-state index in [4.69, 9.17) is 5.73 Å². The Kier molecular flexibility index (Phi) is 4.38. The Hall–Kier alpha value is -1.49. The molecule has 2 rings (SSSR count). The number of benzene rings is 1. The van der Waals surface area contributed by atoms with Gasteiger partial charge in [0.1, 0.15) is 5.69 Å². The van der Waals surface area contributed by atoms with Crippen molar-refractivity contribution in [3.05, 3.63) is 50.3 Å². The van der Waals surface area contributed by atoms with Gasteiger partial charge >= 0.3 is 0 Å². The highest BCUT2D eigenvalue weighted by atomic mass is 79.9. The normalized spacial score (nSPS) is 11.2. The van der Waals surface area contributed by atoms with Gasteiger partial charge in [0.2, 0.25) is 0 Å². The van der Waals surface area contributed by atoms with Crippen LogP contribution in [0.2, 0.25) is 0 Å². The van der Waals surface area contributed by atoms with Gasteiger partial charge in [-0.1, -0.05) is 41.9 Å². The van der Waals surface area contributed by atoms with E-state index in [0.717, 1.165) is 22.3 Å². The zero-order valence-electron chi connectivity index (χ0n) is 12.1. The van der Waals surface area contributed by atoms with Crippen molar-refractivity contribution in [3.8, 4) is 0 Å². The molecular weight excluding hydrogens is 318 g/mol. The lowest BCUT2D eigenvalue weighted by Gasteiger charge is -2.15. The van der Waals surface area contributed by atoms with Crippen molar-refractivity contribution in [2.75, 3.05) is 5.73 Å². The molecule has 2 N–H and O–H groups in total. The average Bonchev–Trinajstić information content (AvgIpc) is 2.65. The van der Waals surface area contributed by atoms with Crippen molar-refractivity contribution < 1.29 is 0 Å². The summed E-state index contributed by atoms with van der Waals surface area (Å²) in [6, 6.07) is 7.97. The smallest absolute Gasteiger partial charge is 0.290 e. The molecule has 0 fully saturated rings. The average molecular weight is 338 g/mol. The summed E-state index contributed by atoms with van der Waals surface area (Å²) in [5, 5.41) is 0. The second-order valence-corrected chi connectivity index (χ2v) is 6.07.